The fraction of sp³-hybridized carbons (Fsp3) is 0.609. The SMILES string of the molecule is C[C@H](C(=O)N[C@@H](C)CCc1ccccc1)N1C(=O)NC2(CCCCCCC2)C1=O. The van der Waals surface area contributed by atoms with Gasteiger partial charge in [0.1, 0.15) is 11.6 Å². The standard InChI is InChI=1S/C23H33N3O3/c1-17(13-14-19-11-7-6-8-12-19)24-20(27)18(2)26-21(28)23(25-22(26)29)15-9-4-3-5-10-16-23/h6-8,11-12,17-18H,3-5,9-10,13-16H2,1-2H3,(H,24,27)(H,25,29)/t17-,18+/m0/s1. The largest absolute Gasteiger partial charge is 0.352 e. The summed E-state index contributed by atoms with van der Waals surface area (Å²) < 4.78 is 0. The van der Waals surface area contributed by atoms with Crippen molar-refractivity contribution in [2.75, 3.05) is 0 Å². The number of imide groups is 1. The minimum Gasteiger partial charge on any atom is -0.352 e. The summed E-state index contributed by atoms with van der Waals surface area (Å²) in [5, 5.41) is 5.90. The Morgan fingerprint density at radius 3 is 2.34 bits per heavy atom. The molecule has 2 fully saturated rings. The summed E-state index contributed by atoms with van der Waals surface area (Å²) >= 11 is 0. The number of hydrogen-bond acceptors (Lipinski definition) is 3. The van der Waals surface area contributed by atoms with E-state index in [1.54, 1.807) is 6.92 Å². The van der Waals surface area contributed by atoms with Gasteiger partial charge in [0.05, 0.1) is 0 Å². The topological polar surface area (TPSA) is 78.5 Å². The third-order valence-corrected chi connectivity index (χ3v) is 6.26. The Labute approximate surface area is 173 Å². The molecule has 0 radical (unpaired) electrons. The molecular weight excluding hydrogens is 366 g/mol. The van der Waals surface area contributed by atoms with Gasteiger partial charge in [-0.05, 0) is 45.1 Å². The van der Waals surface area contributed by atoms with E-state index in [-0.39, 0.29) is 17.9 Å². The van der Waals surface area contributed by atoms with Crippen LogP contribution in [-0.2, 0) is 16.0 Å². The molecule has 2 N–H and O–H groups in total. The third kappa shape index (κ3) is 4.98. The maximum absolute atomic E-state index is 13.2. The quantitative estimate of drug-likeness (QED) is 0.718. The van der Waals surface area contributed by atoms with Crippen LogP contribution < -0.4 is 10.6 Å². The molecule has 0 unspecified atom stereocenters. The zero-order chi connectivity index (χ0) is 20.9. The molecule has 1 heterocycles. The summed E-state index contributed by atoms with van der Waals surface area (Å²) in [6.45, 7) is 3.59. The van der Waals surface area contributed by atoms with E-state index in [2.05, 4.69) is 22.8 Å². The Hall–Kier alpha value is -2.37. The van der Waals surface area contributed by atoms with Crippen molar-refractivity contribution in [3.8, 4) is 0 Å². The normalized spacial score (nSPS) is 21.2. The van der Waals surface area contributed by atoms with E-state index in [1.807, 2.05) is 25.1 Å². The predicted molar refractivity (Wildman–Crippen MR) is 112 cm³/mol. The summed E-state index contributed by atoms with van der Waals surface area (Å²) in [4.78, 5) is 39.7. The van der Waals surface area contributed by atoms with Gasteiger partial charge in [-0.2, -0.15) is 0 Å². The summed E-state index contributed by atoms with van der Waals surface area (Å²) in [6.07, 6.45) is 8.19. The van der Waals surface area contributed by atoms with Crippen LogP contribution in [0.2, 0.25) is 0 Å². The second kappa shape index (κ2) is 9.42. The minimum atomic E-state index is -0.815. The van der Waals surface area contributed by atoms with Gasteiger partial charge in [0.2, 0.25) is 5.91 Å². The van der Waals surface area contributed by atoms with Crippen LogP contribution in [0.5, 0.6) is 0 Å². The van der Waals surface area contributed by atoms with Crippen LogP contribution in [0.25, 0.3) is 0 Å². The first-order chi connectivity index (χ1) is 13.9. The number of hydrogen-bond donors (Lipinski definition) is 2. The highest BCUT2D eigenvalue weighted by atomic mass is 16.2. The number of aryl methyl sites for hydroxylation is 1. The van der Waals surface area contributed by atoms with Crippen LogP contribution in [0.15, 0.2) is 30.3 Å². The highest BCUT2D eigenvalue weighted by molar-refractivity contribution is 6.09. The first-order valence-corrected chi connectivity index (χ1v) is 10.9. The lowest BCUT2D eigenvalue weighted by Gasteiger charge is -2.29. The first-order valence-electron chi connectivity index (χ1n) is 10.9. The number of urea groups is 1. The van der Waals surface area contributed by atoms with Crippen LogP contribution in [0.1, 0.15) is 70.8 Å². The van der Waals surface area contributed by atoms with Gasteiger partial charge in [-0.1, -0.05) is 62.4 Å². The molecule has 0 aromatic heterocycles. The third-order valence-electron chi connectivity index (χ3n) is 6.26. The van der Waals surface area contributed by atoms with Crippen LogP contribution in [0, 0.1) is 0 Å². The zero-order valence-electron chi connectivity index (χ0n) is 17.6. The molecule has 2 aliphatic rings. The molecule has 6 nitrogen and oxygen atoms in total. The van der Waals surface area contributed by atoms with E-state index in [4.69, 9.17) is 0 Å². The molecule has 1 spiro atoms. The molecule has 1 aliphatic heterocycles. The lowest BCUT2D eigenvalue weighted by atomic mass is 9.84. The van der Waals surface area contributed by atoms with Gasteiger partial charge in [-0.25, -0.2) is 9.69 Å². The van der Waals surface area contributed by atoms with Crippen molar-refractivity contribution >= 4 is 17.8 Å². The van der Waals surface area contributed by atoms with Gasteiger partial charge in [-0.3, -0.25) is 9.59 Å². The van der Waals surface area contributed by atoms with Crippen molar-refractivity contribution in [3.63, 3.8) is 0 Å². The van der Waals surface area contributed by atoms with Crippen molar-refractivity contribution in [2.24, 2.45) is 0 Å². The van der Waals surface area contributed by atoms with Crippen LogP contribution in [0.4, 0.5) is 4.79 Å². The molecule has 1 aromatic rings. The van der Waals surface area contributed by atoms with E-state index >= 15 is 0 Å². The number of benzene rings is 1. The van der Waals surface area contributed by atoms with Crippen LogP contribution >= 0.6 is 0 Å². The van der Waals surface area contributed by atoms with Gasteiger partial charge in [0.25, 0.3) is 5.91 Å². The van der Waals surface area contributed by atoms with Crippen molar-refractivity contribution in [3.05, 3.63) is 35.9 Å². The number of carbonyl (C=O) groups is 3. The van der Waals surface area contributed by atoms with Gasteiger partial charge in [-0.15, -0.1) is 0 Å². The van der Waals surface area contributed by atoms with Crippen molar-refractivity contribution in [1.82, 2.24) is 15.5 Å². The molecule has 1 saturated heterocycles. The molecule has 4 amide bonds. The molecule has 1 saturated carbocycles. The number of amides is 4. The summed E-state index contributed by atoms with van der Waals surface area (Å²) in [6, 6.07) is 8.84. The molecule has 0 bridgehead atoms. The monoisotopic (exact) mass is 399 g/mol. The Morgan fingerprint density at radius 2 is 1.69 bits per heavy atom. The van der Waals surface area contributed by atoms with Crippen molar-refractivity contribution in [2.45, 2.75) is 89.3 Å². The average Bonchev–Trinajstić information content (AvgIpc) is 2.94. The predicted octanol–water partition coefficient (Wildman–Crippen LogP) is 3.55. The van der Waals surface area contributed by atoms with E-state index in [1.165, 1.54) is 12.0 Å². The van der Waals surface area contributed by atoms with Gasteiger partial charge in [0, 0.05) is 6.04 Å². The molecule has 1 aliphatic carbocycles. The lowest BCUT2D eigenvalue weighted by Crippen LogP contribution is -2.52. The van der Waals surface area contributed by atoms with E-state index in [0.717, 1.165) is 43.4 Å². The summed E-state index contributed by atoms with van der Waals surface area (Å²) in [5.41, 5.74) is 0.410. The maximum atomic E-state index is 13.2. The summed E-state index contributed by atoms with van der Waals surface area (Å²) in [7, 11) is 0. The molecule has 29 heavy (non-hydrogen) atoms. The molecule has 2 atom stereocenters. The number of carbonyl (C=O) groups excluding carboxylic acids is 3. The van der Waals surface area contributed by atoms with Crippen LogP contribution in [-0.4, -0.2) is 40.4 Å². The number of nitrogens with zero attached hydrogens (tertiary/aromatic N) is 1. The Morgan fingerprint density at radius 1 is 1.07 bits per heavy atom. The first kappa shape index (κ1) is 21.3. The smallest absolute Gasteiger partial charge is 0.325 e. The molecule has 6 heteroatoms. The van der Waals surface area contributed by atoms with Gasteiger partial charge in [0.15, 0.2) is 0 Å². The van der Waals surface area contributed by atoms with E-state index in [0.29, 0.717) is 12.8 Å². The highest BCUT2D eigenvalue weighted by Gasteiger charge is 2.52. The Bertz CT molecular complexity index is 726. The second-order valence-corrected chi connectivity index (χ2v) is 8.57. The maximum Gasteiger partial charge on any atom is 0.325 e. The zero-order valence-corrected chi connectivity index (χ0v) is 17.6. The van der Waals surface area contributed by atoms with Crippen molar-refractivity contribution < 1.29 is 14.4 Å². The van der Waals surface area contributed by atoms with Gasteiger partial charge >= 0.3 is 6.03 Å². The fourth-order valence-corrected chi connectivity index (χ4v) is 4.42. The molecule has 1 aromatic carbocycles. The highest BCUT2D eigenvalue weighted by Crippen LogP contribution is 2.33. The van der Waals surface area contributed by atoms with Crippen LogP contribution in [0.3, 0.4) is 0 Å². The van der Waals surface area contributed by atoms with Gasteiger partial charge < -0.3 is 10.6 Å². The average molecular weight is 400 g/mol. The summed E-state index contributed by atoms with van der Waals surface area (Å²) in [5.74, 6) is -0.513. The molecule has 3 rings (SSSR count). The molecule has 158 valence electrons. The Kier molecular flexibility index (Phi) is 6.93. The number of nitrogens with one attached hydrogen (secondary N) is 2. The van der Waals surface area contributed by atoms with Crippen molar-refractivity contribution in [1.29, 1.82) is 0 Å². The lowest BCUT2D eigenvalue weighted by molar-refractivity contribution is -0.138. The number of rotatable bonds is 6. The van der Waals surface area contributed by atoms with E-state index in [9.17, 15) is 14.4 Å². The Balaban J connectivity index is 1.58. The van der Waals surface area contributed by atoms with E-state index < -0.39 is 17.6 Å². The minimum absolute atomic E-state index is 0.0405. The second-order valence-electron chi connectivity index (χ2n) is 8.57. The molecular formula is C23H33N3O3. The fourth-order valence-electron chi connectivity index (χ4n) is 4.42.